The third-order valence-corrected chi connectivity index (χ3v) is 3.29. The van der Waals surface area contributed by atoms with E-state index in [0.29, 0.717) is 19.5 Å². The van der Waals surface area contributed by atoms with Crippen molar-refractivity contribution in [3.63, 3.8) is 0 Å². The van der Waals surface area contributed by atoms with E-state index in [1.54, 1.807) is 11.1 Å². The standard InChI is InChI=1S/C14H19N3O2/c1-10(2)17(9-12-5-3-4-6-15-12)14(19)11-7-13(18)16-8-11/h3-6,10-11H,7-9H2,1-2H3,(H,16,18). The highest BCUT2D eigenvalue weighted by molar-refractivity contribution is 5.89. The van der Waals surface area contributed by atoms with Gasteiger partial charge in [0.25, 0.3) is 0 Å². The second kappa shape index (κ2) is 5.82. The first kappa shape index (κ1) is 13.5. The van der Waals surface area contributed by atoms with Gasteiger partial charge in [-0.2, -0.15) is 0 Å². The first-order chi connectivity index (χ1) is 9.08. The Balaban J connectivity index is 2.07. The van der Waals surface area contributed by atoms with Gasteiger partial charge >= 0.3 is 0 Å². The molecule has 1 fully saturated rings. The van der Waals surface area contributed by atoms with Crippen LogP contribution in [-0.4, -0.2) is 34.3 Å². The first-order valence-electron chi connectivity index (χ1n) is 6.55. The van der Waals surface area contributed by atoms with E-state index in [4.69, 9.17) is 0 Å². The molecule has 0 aliphatic carbocycles. The lowest BCUT2D eigenvalue weighted by Crippen LogP contribution is -2.41. The number of pyridine rings is 1. The molecule has 0 radical (unpaired) electrons. The molecule has 0 aromatic carbocycles. The average molecular weight is 261 g/mol. The number of hydrogen-bond donors (Lipinski definition) is 1. The van der Waals surface area contributed by atoms with Gasteiger partial charge in [-0.25, -0.2) is 0 Å². The molecule has 1 aromatic rings. The quantitative estimate of drug-likeness (QED) is 0.878. The van der Waals surface area contributed by atoms with E-state index < -0.39 is 0 Å². The van der Waals surface area contributed by atoms with E-state index in [2.05, 4.69) is 10.3 Å². The number of hydrogen-bond acceptors (Lipinski definition) is 3. The summed E-state index contributed by atoms with van der Waals surface area (Å²) in [6.45, 7) is 4.89. The summed E-state index contributed by atoms with van der Waals surface area (Å²) in [6.07, 6.45) is 2.02. The largest absolute Gasteiger partial charge is 0.355 e. The molecule has 1 aliphatic rings. The SMILES string of the molecule is CC(C)N(Cc1ccccn1)C(=O)C1CNC(=O)C1. The molecule has 2 rings (SSSR count). The smallest absolute Gasteiger partial charge is 0.228 e. The van der Waals surface area contributed by atoms with Crippen molar-refractivity contribution in [2.24, 2.45) is 5.92 Å². The van der Waals surface area contributed by atoms with Crippen LogP contribution in [0.25, 0.3) is 0 Å². The summed E-state index contributed by atoms with van der Waals surface area (Å²) in [4.78, 5) is 29.7. The highest BCUT2D eigenvalue weighted by Gasteiger charge is 2.32. The lowest BCUT2D eigenvalue weighted by molar-refractivity contribution is -0.138. The van der Waals surface area contributed by atoms with Gasteiger partial charge in [0.1, 0.15) is 0 Å². The van der Waals surface area contributed by atoms with Crippen molar-refractivity contribution in [3.8, 4) is 0 Å². The van der Waals surface area contributed by atoms with Gasteiger partial charge in [0.2, 0.25) is 11.8 Å². The topological polar surface area (TPSA) is 62.3 Å². The molecule has 0 spiro atoms. The molecule has 1 unspecified atom stereocenters. The molecule has 1 aromatic heterocycles. The van der Waals surface area contributed by atoms with E-state index in [9.17, 15) is 9.59 Å². The molecule has 1 saturated heterocycles. The second-order valence-electron chi connectivity index (χ2n) is 5.09. The van der Waals surface area contributed by atoms with Crippen LogP contribution < -0.4 is 5.32 Å². The van der Waals surface area contributed by atoms with E-state index >= 15 is 0 Å². The van der Waals surface area contributed by atoms with Crippen LogP contribution in [-0.2, 0) is 16.1 Å². The molecular formula is C14H19N3O2. The fourth-order valence-corrected chi connectivity index (χ4v) is 2.20. The molecule has 1 N–H and O–H groups in total. The summed E-state index contributed by atoms with van der Waals surface area (Å²) >= 11 is 0. The fourth-order valence-electron chi connectivity index (χ4n) is 2.20. The molecule has 102 valence electrons. The van der Waals surface area contributed by atoms with Crippen LogP contribution in [0.5, 0.6) is 0 Å². The van der Waals surface area contributed by atoms with Gasteiger partial charge in [-0.3, -0.25) is 14.6 Å². The third-order valence-electron chi connectivity index (χ3n) is 3.29. The summed E-state index contributed by atoms with van der Waals surface area (Å²) in [6, 6.07) is 5.75. The molecule has 1 atom stereocenters. The molecule has 0 saturated carbocycles. The van der Waals surface area contributed by atoms with E-state index in [-0.39, 0.29) is 23.8 Å². The zero-order valence-electron chi connectivity index (χ0n) is 11.3. The van der Waals surface area contributed by atoms with Crippen molar-refractivity contribution in [2.75, 3.05) is 6.54 Å². The number of carbonyl (C=O) groups excluding carboxylic acids is 2. The minimum absolute atomic E-state index is 0.0269. The summed E-state index contributed by atoms with van der Waals surface area (Å²) in [5.41, 5.74) is 0.863. The van der Waals surface area contributed by atoms with Crippen molar-refractivity contribution in [1.82, 2.24) is 15.2 Å². The second-order valence-corrected chi connectivity index (χ2v) is 5.09. The summed E-state index contributed by atoms with van der Waals surface area (Å²) in [5, 5.41) is 2.71. The third kappa shape index (κ3) is 3.30. The monoisotopic (exact) mass is 261 g/mol. The van der Waals surface area contributed by atoms with Crippen molar-refractivity contribution in [3.05, 3.63) is 30.1 Å². The Bertz CT molecular complexity index is 459. The Morgan fingerprint density at radius 2 is 2.32 bits per heavy atom. The first-order valence-corrected chi connectivity index (χ1v) is 6.55. The van der Waals surface area contributed by atoms with Gasteiger partial charge in [0.05, 0.1) is 18.2 Å². The van der Waals surface area contributed by atoms with E-state index in [1.165, 1.54) is 0 Å². The van der Waals surface area contributed by atoms with Crippen LogP contribution in [0.3, 0.4) is 0 Å². The Morgan fingerprint density at radius 3 is 2.84 bits per heavy atom. The average Bonchev–Trinajstić information content (AvgIpc) is 2.83. The van der Waals surface area contributed by atoms with Crippen LogP contribution in [0.4, 0.5) is 0 Å². The number of amides is 2. The van der Waals surface area contributed by atoms with Gasteiger partial charge in [-0.1, -0.05) is 6.07 Å². The summed E-state index contributed by atoms with van der Waals surface area (Å²) < 4.78 is 0. The number of aromatic nitrogens is 1. The minimum Gasteiger partial charge on any atom is -0.355 e. The Labute approximate surface area is 113 Å². The van der Waals surface area contributed by atoms with Gasteiger partial charge < -0.3 is 10.2 Å². The maximum Gasteiger partial charge on any atom is 0.228 e. The van der Waals surface area contributed by atoms with Crippen LogP contribution in [0.15, 0.2) is 24.4 Å². The highest BCUT2D eigenvalue weighted by Crippen LogP contribution is 2.16. The number of nitrogens with zero attached hydrogens (tertiary/aromatic N) is 2. The Kier molecular flexibility index (Phi) is 4.14. The molecule has 0 bridgehead atoms. The Morgan fingerprint density at radius 1 is 1.53 bits per heavy atom. The number of carbonyl (C=O) groups is 2. The summed E-state index contributed by atoms with van der Waals surface area (Å²) in [7, 11) is 0. The molecule has 2 heterocycles. The van der Waals surface area contributed by atoms with Crippen LogP contribution in [0.2, 0.25) is 0 Å². The lowest BCUT2D eigenvalue weighted by Gasteiger charge is -2.28. The lowest BCUT2D eigenvalue weighted by atomic mass is 10.1. The predicted molar refractivity (Wildman–Crippen MR) is 71.0 cm³/mol. The van der Waals surface area contributed by atoms with Crippen molar-refractivity contribution in [2.45, 2.75) is 32.9 Å². The molecule has 5 nitrogen and oxygen atoms in total. The van der Waals surface area contributed by atoms with Gasteiger partial charge in [0, 0.05) is 25.2 Å². The minimum atomic E-state index is -0.237. The van der Waals surface area contributed by atoms with Crippen LogP contribution in [0.1, 0.15) is 26.0 Å². The van der Waals surface area contributed by atoms with Crippen molar-refractivity contribution < 1.29 is 9.59 Å². The molecule has 19 heavy (non-hydrogen) atoms. The Hall–Kier alpha value is -1.91. The van der Waals surface area contributed by atoms with Gasteiger partial charge in [-0.15, -0.1) is 0 Å². The molecule has 1 aliphatic heterocycles. The van der Waals surface area contributed by atoms with E-state index in [1.807, 2.05) is 32.0 Å². The van der Waals surface area contributed by atoms with Crippen molar-refractivity contribution >= 4 is 11.8 Å². The zero-order valence-corrected chi connectivity index (χ0v) is 11.3. The fraction of sp³-hybridized carbons (Fsp3) is 0.500. The number of nitrogens with one attached hydrogen (secondary N) is 1. The van der Waals surface area contributed by atoms with Crippen LogP contribution in [0, 0.1) is 5.92 Å². The predicted octanol–water partition coefficient (Wildman–Crippen LogP) is 0.955. The highest BCUT2D eigenvalue weighted by atomic mass is 16.2. The van der Waals surface area contributed by atoms with Crippen molar-refractivity contribution in [1.29, 1.82) is 0 Å². The molecule has 5 heteroatoms. The van der Waals surface area contributed by atoms with Crippen LogP contribution >= 0.6 is 0 Å². The maximum atomic E-state index is 12.4. The summed E-state index contributed by atoms with van der Waals surface area (Å²) in [5.74, 6) is -0.252. The zero-order chi connectivity index (χ0) is 13.8. The van der Waals surface area contributed by atoms with E-state index in [0.717, 1.165) is 5.69 Å². The maximum absolute atomic E-state index is 12.4. The molecule has 2 amide bonds. The van der Waals surface area contributed by atoms with Gasteiger partial charge in [0.15, 0.2) is 0 Å². The normalized spacial score (nSPS) is 18.5. The van der Waals surface area contributed by atoms with Gasteiger partial charge in [-0.05, 0) is 26.0 Å². The number of rotatable bonds is 4. The molecular weight excluding hydrogens is 242 g/mol.